The topological polar surface area (TPSA) is 39.4 Å². The molecule has 3 nitrogen and oxygen atoms in total. The fourth-order valence-electron chi connectivity index (χ4n) is 1.53. The van der Waals surface area contributed by atoms with Crippen LogP contribution in [0.15, 0.2) is 33.5 Å². The van der Waals surface area contributed by atoms with E-state index in [-0.39, 0.29) is 5.63 Å². The van der Waals surface area contributed by atoms with E-state index in [0.29, 0.717) is 16.4 Å². The van der Waals surface area contributed by atoms with Crippen molar-refractivity contribution in [2.24, 2.45) is 0 Å². The fourth-order valence-corrected chi connectivity index (χ4v) is 1.63. The molecule has 0 bridgehead atoms. The van der Waals surface area contributed by atoms with Crippen LogP contribution in [0.3, 0.4) is 0 Å². The predicted molar refractivity (Wildman–Crippen MR) is 66.1 cm³/mol. The molecule has 0 amide bonds. The first-order valence-electron chi connectivity index (χ1n) is 4.79. The van der Waals surface area contributed by atoms with E-state index in [0.717, 1.165) is 10.9 Å². The van der Waals surface area contributed by atoms with Crippen LogP contribution in [0.1, 0.15) is 12.5 Å². The number of fused-ring (bicyclic) bond motifs is 1. The molecule has 0 saturated carbocycles. The predicted octanol–water partition coefficient (Wildman–Crippen LogP) is 2.83. The van der Waals surface area contributed by atoms with Crippen LogP contribution in [0.5, 0.6) is 5.75 Å². The molecule has 0 aliphatic carbocycles. The molecule has 0 atom stereocenters. The molecule has 2 rings (SSSR count). The highest BCUT2D eigenvalue weighted by Gasteiger charge is 2.04. The molecule has 2 aromatic rings. The minimum atomic E-state index is -0.360. The van der Waals surface area contributed by atoms with E-state index in [1.54, 1.807) is 19.1 Å². The Morgan fingerprint density at radius 1 is 1.38 bits per heavy atom. The van der Waals surface area contributed by atoms with Crippen LogP contribution in [0.2, 0.25) is 0 Å². The molecule has 0 fully saturated rings. The maximum atomic E-state index is 11.2. The number of rotatable bonds is 1. The highest BCUT2D eigenvalue weighted by Crippen LogP contribution is 2.22. The van der Waals surface area contributed by atoms with E-state index >= 15 is 0 Å². The van der Waals surface area contributed by atoms with Gasteiger partial charge in [-0.15, -0.1) is 0 Å². The highest BCUT2D eigenvalue weighted by molar-refractivity contribution is 7.80. The van der Waals surface area contributed by atoms with Gasteiger partial charge in [-0.05, 0) is 36.8 Å². The van der Waals surface area contributed by atoms with Gasteiger partial charge in [0.2, 0.25) is 0 Å². The monoisotopic (exact) mass is 234 g/mol. The van der Waals surface area contributed by atoms with Crippen LogP contribution in [0.4, 0.5) is 0 Å². The summed E-state index contributed by atoms with van der Waals surface area (Å²) in [6.45, 7) is 3.55. The Balaban J connectivity index is 2.61. The Morgan fingerprint density at radius 2 is 2.12 bits per heavy atom. The van der Waals surface area contributed by atoms with Crippen molar-refractivity contribution >= 4 is 28.2 Å². The Morgan fingerprint density at radius 3 is 2.81 bits per heavy atom. The molecule has 16 heavy (non-hydrogen) atoms. The van der Waals surface area contributed by atoms with Crippen molar-refractivity contribution in [3.8, 4) is 5.75 Å². The summed E-state index contributed by atoms with van der Waals surface area (Å²) < 4.78 is 10.4. The lowest BCUT2D eigenvalue weighted by molar-refractivity contribution is 0.543. The second-order valence-electron chi connectivity index (χ2n) is 3.50. The summed E-state index contributed by atoms with van der Waals surface area (Å²) in [7, 11) is 0. The molecule has 0 unspecified atom stereocenters. The minimum Gasteiger partial charge on any atom is -0.450 e. The van der Waals surface area contributed by atoms with E-state index in [1.807, 2.05) is 13.0 Å². The minimum absolute atomic E-state index is 0.360. The first kappa shape index (κ1) is 10.8. The maximum absolute atomic E-state index is 11.2. The summed E-state index contributed by atoms with van der Waals surface area (Å²) in [5.74, 6) is 0.578. The second-order valence-corrected chi connectivity index (χ2v) is 4.07. The smallest absolute Gasteiger partial charge is 0.336 e. The number of thiocarbonyl (C=S) groups is 1. The van der Waals surface area contributed by atoms with Crippen LogP contribution < -0.4 is 10.4 Å². The molecule has 1 aromatic carbocycles. The molecule has 4 heteroatoms. The van der Waals surface area contributed by atoms with Gasteiger partial charge in [-0.2, -0.15) is 0 Å². The molecule has 0 saturated heterocycles. The lowest BCUT2D eigenvalue weighted by atomic mass is 10.1. The molecule has 0 radical (unpaired) electrons. The lowest BCUT2D eigenvalue weighted by Gasteiger charge is -2.05. The Bertz CT molecular complexity index is 613. The summed E-state index contributed by atoms with van der Waals surface area (Å²) in [6.07, 6.45) is 0. The number of hydrogen-bond acceptors (Lipinski definition) is 4. The van der Waals surface area contributed by atoms with Gasteiger partial charge in [-0.1, -0.05) is 0 Å². The molecular weight excluding hydrogens is 224 g/mol. The summed E-state index contributed by atoms with van der Waals surface area (Å²) in [6, 6.07) is 6.78. The zero-order valence-electron chi connectivity index (χ0n) is 8.94. The van der Waals surface area contributed by atoms with E-state index in [1.165, 1.54) is 6.07 Å². The highest BCUT2D eigenvalue weighted by atomic mass is 32.1. The van der Waals surface area contributed by atoms with Gasteiger partial charge in [-0.3, -0.25) is 0 Å². The quantitative estimate of drug-likeness (QED) is 0.562. The average Bonchev–Trinajstić information content (AvgIpc) is 2.15. The van der Waals surface area contributed by atoms with Gasteiger partial charge in [0.1, 0.15) is 11.3 Å². The summed E-state index contributed by atoms with van der Waals surface area (Å²) >= 11 is 4.84. The molecular formula is C12H10O3S. The van der Waals surface area contributed by atoms with Gasteiger partial charge in [0.25, 0.3) is 0 Å². The van der Waals surface area contributed by atoms with Gasteiger partial charge in [0.05, 0.1) is 0 Å². The molecule has 0 aliphatic heterocycles. The van der Waals surface area contributed by atoms with Gasteiger partial charge in [-0.25, -0.2) is 4.79 Å². The SMILES string of the molecule is CC(=S)Oc1ccc2c(C)cc(=O)oc2c1. The number of aryl methyl sites for hydroxylation is 1. The number of ether oxygens (including phenoxy) is 1. The van der Waals surface area contributed by atoms with Crippen molar-refractivity contribution in [1.29, 1.82) is 0 Å². The van der Waals surface area contributed by atoms with Crippen molar-refractivity contribution in [2.45, 2.75) is 13.8 Å². The van der Waals surface area contributed by atoms with Crippen molar-refractivity contribution in [1.82, 2.24) is 0 Å². The molecule has 0 N–H and O–H groups in total. The average molecular weight is 234 g/mol. The maximum Gasteiger partial charge on any atom is 0.336 e. The first-order chi connectivity index (χ1) is 7.56. The van der Waals surface area contributed by atoms with Gasteiger partial charge < -0.3 is 9.15 Å². The third-order valence-electron chi connectivity index (χ3n) is 2.18. The third-order valence-corrected chi connectivity index (χ3v) is 2.27. The van der Waals surface area contributed by atoms with Gasteiger partial charge in [0, 0.05) is 24.4 Å². The largest absolute Gasteiger partial charge is 0.450 e. The lowest BCUT2D eigenvalue weighted by Crippen LogP contribution is -2.00. The third kappa shape index (κ3) is 2.12. The molecule has 0 aliphatic rings. The fraction of sp³-hybridized carbons (Fsp3) is 0.167. The van der Waals surface area contributed by atoms with E-state index in [9.17, 15) is 4.79 Å². The van der Waals surface area contributed by atoms with Crippen LogP contribution >= 0.6 is 12.2 Å². The Hall–Kier alpha value is -1.68. The number of hydrogen-bond donors (Lipinski definition) is 0. The first-order valence-corrected chi connectivity index (χ1v) is 5.20. The van der Waals surface area contributed by atoms with Gasteiger partial charge >= 0.3 is 5.63 Å². The molecule has 82 valence electrons. The van der Waals surface area contributed by atoms with Crippen LogP contribution in [0.25, 0.3) is 11.0 Å². The van der Waals surface area contributed by atoms with Gasteiger partial charge in [0.15, 0.2) is 5.05 Å². The van der Waals surface area contributed by atoms with E-state index in [4.69, 9.17) is 21.4 Å². The van der Waals surface area contributed by atoms with Crippen LogP contribution in [0, 0.1) is 6.92 Å². The second kappa shape index (κ2) is 4.06. The van der Waals surface area contributed by atoms with Crippen molar-refractivity contribution < 1.29 is 9.15 Å². The normalized spacial score (nSPS) is 10.4. The summed E-state index contributed by atoms with van der Waals surface area (Å²) in [5, 5.41) is 1.32. The molecule has 0 spiro atoms. The van der Waals surface area contributed by atoms with Crippen LogP contribution in [-0.2, 0) is 0 Å². The van der Waals surface area contributed by atoms with Crippen LogP contribution in [-0.4, -0.2) is 5.05 Å². The summed E-state index contributed by atoms with van der Waals surface area (Å²) in [4.78, 5) is 11.2. The Kier molecular flexibility index (Phi) is 2.75. The van der Waals surface area contributed by atoms with Crippen molar-refractivity contribution in [2.75, 3.05) is 0 Å². The standard InChI is InChI=1S/C12H10O3S/c1-7-5-12(13)15-11-6-9(14-8(2)16)3-4-10(7)11/h3-6H,1-2H3. The zero-order valence-corrected chi connectivity index (χ0v) is 9.76. The zero-order chi connectivity index (χ0) is 11.7. The number of benzene rings is 1. The Labute approximate surface area is 97.6 Å². The molecule has 1 heterocycles. The van der Waals surface area contributed by atoms with Crippen molar-refractivity contribution in [3.63, 3.8) is 0 Å². The summed E-state index contributed by atoms with van der Waals surface area (Å²) in [5.41, 5.74) is 1.04. The molecule has 1 aromatic heterocycles. The van der Waals surface area contributed by atoms with E-state index in [2.05, 4.69) is 0 Å². The van der Waals surface area contributed by atoms with E-state index < -0.39 is 0 Å². The van der Waals surface area contributed by atoms with Crippen molar-refractivity contribution in [3.05, 3.63) is 40.2 Å².